The fourth-order valence-corrected chi connectivity index (χ4v) is 5.21. The van der Waals surface area contributed by atoms with Crippen molar-refractivity contribution in [3.8, 4) is 0 Å². The third kappa shape index (κ3) is 4.00. The highest BCUT2D eigenvalue weighted by atomic mass is 32.2. The van der Waals surface area contributed by atoms with Gasteiger partial charge in [-0.05, 0) is 43.3 Å². The standard InChI is InChI=1S/C18H21NO4S2/c1-14(20)15-4-2-5-16(12-15)25(21,22)19-13-18(7-9-23-10-8-18)17-6-3-11-24-17/h2-6,11-12,19H,7-10,13H2,1H3. The summed E-state index contributed by atoms with van der Waals surface area (Å²) in [5.41, 5.74) is 0.152. The number of ketones is 1. The summed E-state index contributed by atoms with van der Waals surface area (Å²) in [6.45, 7) is 3.00. The average molecular weight is 380 g/mol. The number of Topliss-reactive ketones (excluding diaryl/α,β-unsaturated/α-hetero) is 1. The van der Waals surface area contributed by atoms with Crippen LogP contribution in [0.1, 0.15) is 35.0 Å². The number of carbonyl (C=O) groups is 1. The first-order valence-corrected chi connectivity index (χ1v) is 10.5. The molecule has 0 radical (unpaired) electrons. The van der Waals surface area contributed by atoms with Gasteiger partial charge in [0.05, 0.1) is 4.90 Å². The molecule has 1 aliphatic rings. The fourth-order valence-electron chi connectivity index (χ4n) is 3.05. The largest absolute Gasteiger partial charge is 0.381 e. The van der Waals surface area contributed by atoms with Gasteiger partial charge in [0, 0.05) is 35.6 Å². The average Bonchev–Trinajstić information content (AvgIpc) is 3.16. The second-order valence-electron chi connectivity index (χ2n) is 6.28. The number of ether oxygens (including phenoxy) is 1. The van der Waals surface area contributed by atoms with Gasteiger partial charge in [-0.25, -0.2) is 13.1 Å². The zero-order valence-corrected chi connectivity index (χ0v) is 15.7. The molecule has 25 heavy (non-hydrogen) atoms. The molecular weight excluding hydrogens is 358 g/mol. The van der Waals surface area contributed by atoms with Crippen LogP contribution >= 0.6 is 11.3 Å². The van der Waals surface area contributed by atoms with Gasteiger partial charge in [-0.15, -0.1) is 11.3 Å². The minimum absolute atomic E-state index is 0.119. The maximum absolute atomic E-state index is 12.7. The van der Waals surface area contributed by atoms with Gasteiger partial charge in [0.2, 0.25) is 10.0 Å². The van der Waals surface area contributed by atoms with E-state index in [1.165, 1.54) is 23.9 Å². The Morgan fingerprint density at radius 2 is 2.00 bits per heavy atom. The van der Waals surface area contributed by atoms with E-state index in [1.807, 2.05) is 11.4 Å². The second kappa shape index (κ2) is 7.37. The molecular formula is C18H21NO4S2. The Hall–Kier alpha value is -1.54. The van der Waals surface area contributed by atoms with Gasteiger partial charge in [-0.3, -0.25) is 4.79 Å². The van der Waals surface area contributed by atoms with Gasteiger partial charge in [0.25, 0.3) is 0 Å². The third-order valence-electron chi connectivity index (χ3n) is 4.65. The van der Waals surface area contributed by atoms with Gasteiger partial charge < -0.3 is 4.74 Å². The summed E-state index contributed by atoms with van der Waals surface area (Å²) in [4.78, 5) is 12.8. The molecule has 0 amide bonds. The van der Waals surface area contributed by atoms with E-state index in [1.54, 1.807) is 23.5 Å². The van der Waals surface area contributed by atoms with Crippen LogP contribution in [0.25, 0.3) is 0 Å². The highest BCUT2D eigenvalue weighted by molar-refractivity contribution is 7.89. The normalized spacial score (nSPS) is 17.3. The summed E-state index contributed by atoms with van der Waals surface area (Å²) in [6.07, 6.45) is 1.56. The van der Waals surface area contributed by atoms with E-state index in [9.17, 15) is 13.2 Å². The molecule has 0 atom stereocenters. The molecule has 1 aromatic carbocycles. The SMILES string of the molecule is CC(=O)c1cccc(S(=O)(=O)NCC2(c3cccs3)CCOCC2)c1. The van der Waals surface area contributed by atoms with E-state index in [-0.39, 0.29) is 16.1 Å². The van der Waals surface area contributed by atoms with Crippen LogP contribution in [0.5, 0.6) is 0 Å². The molecule has 1 aromatic heterocycles. The molecule has 0 saturated carbocycles. The Labute approximate surface area is 152 Å². The van der Waals surface area contributed by atoms with Crippen molar-refractivity contribution in [1.82, 2.24) is 4.72 Å². The zero-order chi connectivity index (χ0) is 17.9. The van der Waals surface area contributed by atoms with Crippen molar-refractivity contribution in [1.29, 1.82) is 0 Å². The molecule has 1 N–H and O–H groups in total. The maximum atomic E-state index is 12.7. The minimum Gasteiger partial charge on any atom is -0.381 e. The monoisotopic (exact) mass is 379 g/mol. The lowest BCUT2D eigenvalue weighted by Crippen LogP contribution is -2.44. The summed E-state index contributed by atoms with van der Waals surface area (Å²) in [6, 6.07) is 10.2. The predicted molar refractivity (Wildman–Crippen MR) is 97.7 cm³/mol. The highest BCUT2D eigenvalue weighted by Gasteiger charge is 2.36. The second-order valence-corrected chi connectivity index (χ2v) is 8.99. The van der Waals surface area contributed by atoms with Gasteiger partial charge >= 0.3 is 0 Å². The third-order valence-corrected chi connectivity index (χ3v) is 7.16. The van der Waals surface area contributed by atoms with Crippen molar-refractivity contribution in [3.05, 3.63) is 52.2 Å². The Morgan fingerprint density at radius 1 is 1.24 bits per heavy atom. The van der Waals surface area contributed by atoms with Crippen molar-refractivity contribution in [3.63, 3.8) is 0 Å². The molecule has 0 spiro atoms. The van der Waals surface area contributed by atoms with E-state index in [0.717, 1.165) is 12.8 Å². The fraction of sp³-hybridized carbons (Fsp3) is 0.389. The lowest BCUT2D eigenvalue weighted by molar-refractivity contribution is 0.0529. The summed E-state index contributed by atoms with van der Waals surface area (Å²) in [5.74, 6) is -0.156. The number of carbonyl (C=O) groups excluding carboxylic acids is 1. The number of sulfonamides is 1. The molecule has 0 aliphatic carbocycles. The summed E-state index contributed by atoms with van der Waals surface area (Å²) < 4.78 is 33.6. The Kier molecular flexibility index (Phi) is 5.38. The number of benzene rings is 1. The Bertz CT molecular complexity index is 838. The molecule has 5 nitrogen and oxygen atoms in total. The van der Waals surface area contributed by atoms with E-state index >= 15 is 0 Å². The van der Waals surface area contributed by atoms with Crippen LogP contribution in [-0.2, 0) is 20.2 Å². The number of hydrogen-bond acceptors (Lipinski definition) is 5. The first-order chi connectivity index (χ1) is 11.9. The number of thiophene rings is 1. The molecule has 2 aromatic rings. The Balaban J connectivity index is 1.83. The lowest BCUT2D eigenvalue weighted by atomic mass is 9.79. The minimum atomic E-state index is -3.68. The molecule has 1 saturated heterocycles. The van der Waals surface area contributed by atoms with E-state index in [0.29, 0.717) is 25.3 Å². The number of hydrogen-bond donors (Lipinski definition) is 1. The van der Waals surface area contributed by atoms with Gasteiger partial charge in [0.1, 0.15) is 0 Å². The number of nitrogens with one attached hydrogen (secondary N) is 1. The van der Waals surface area contributed by atoms with E-state index < -0.39 is 10.0 Å². The summed E-state index contributed by atoms with van der Waals surface area (Å²) >= 11 is 1.65. The van der Waals surface area contributed by atoms with Crippen LogP contribution in [0.4, 0.5) is 0 Å². The molecule has 1 fully saturated rings. The van der Waals surface area contributed by atoms with Crippen LogP contribution in [0.15, 0.2) is 46.7 Å². The zero-order valence-electron chi connectivity index (χ0n) is 14.0. The Morgan fingerprint density at radius 3 is 2.64 bits per heavy atom. The first kappa shape index (κ1) is 18.3. The van der Waals surface area contributed by atoms with Gasteiger partial charge in [-0.1, -0.05) is 18.2 Å². The maximum Gasteiger partial charge on any atom is 0.240 e. The first-order valence-electron chi connectivity index (χ1n) is 8.15. The molecule has 0 bridgehead atoms. The molecule has 3 rings (SSSR count). The van der Waals surface area contributed by atoms with Crippen molar-refractivity contribution in [2.75, 3.05) is 19.8 Å². The number of rotatable bonds is 6. The van der Waals surface area contributed by atoms with Crippen molar-refractivity contribution in [2.24, 2.45) is 0 Å². The molecule has 134 valence electrons. The summed E-state index contributed by atoms with van der Waals surface area (Å²) in [5, 5.41) is 2.01. The highest BCUT2D eigenvalue weighted by Crippen LogP contribution is 2.37. The van der Waals surface area contributed by atoms with Crippen LogP contribution in [0.2, 0.25) is 0 Å². The van der Waals surface area contributed by atoms with Crippen LogP contribution < -0.4 is 4.72 Å². The summed E-state index contributed by atoms with van der Waals surface area (Å²) in [7, 11) is -3.68. The van der Waals surface area contributed by atoms with Gasteiger partial charge in [-0.2, -0.15) is 0 Å². The van der Waals surface area contributed by atoms with Crippen molar-refractivity contribution < 1.29 is 17.9 Å². The van der Waals surface area contributed by atoms with E-state index in [4.69, 9.17) is 4.74 Å². The van der Waals surface area contributed by atoms with E-state index in [2.05, 4.69) is 10.8 Å². The van der Waals surface area contributed by atoms with Gasteiger partial charge in [0.15, 0.2) is 5.78 Å². The molecule has 0 unspecified atom stereocenters. The molecule has 1 aliphatic heterocycles. The van der Waals surface area contributed by atoms with Crippen LogP contribution in [-0.4, -0.2) is 34.0 Å². The molecule has 2 heterocycles. The molecule has 7 heteroatoms. The topological polar surface area (TPSA) is 72.5 Å². The smallest absolute Gasteiger partial charge is 0.240 e. The van der Waals surface area contributed by atoms with Crippen LogP contribution in [0, 0.1) is 0 Å². The van der Waals surface area contributed by atoms with Crippen molar-refractivity contribution >= 4 is 27.1 Å². The van der Waals surface area contributed by atoms with Crippen LogP contribution in [0.3, 0.4) is 0 Å². The quantitative estimate of drug-likeness (QED) is 0.783. The predicted octanol–water partition coefficient (Wildman–Crippen LogP) is 2.98. The lowest BCUT2D eigenvalue weighted by Gasteiger charge is -2.36. The van der Waals surface area contributed by atoms with Crippen molar-refractivity contribution in [2.45, 2.75) is 30.1 Å².